The number of carbonyl (C=O) groups is 8. The summed E-state index contributed by atoms with van der Waals surface area (Å²) in [5.74, 6) is -4.89. The highest BCUT2D eigenvalue weighted by Crippen LogP contribution is 2.16. The van der Waals surface area contributed by atoms with E-state index in [0.717, 1.165) is 38.5 Å². The predicted molar refractivity (Wildman–Crippen MR) is 263 cm³/mol. The molecule has 0 fully saturated rings. The maximum atomic E-state index is 12.8. The van der Waals surface area contributed by atoms with Crippen LogP contribution in [0.4, 0.5) is 0 Å². The van der Waals surface area contributed by atoms with Gasteiger partial charge in [-0.05, 0) is 31.4 Å². The van der Waals surface area contributed by atoms with Gasteiger partial charge in [0.25, 0.3) is 0 Å². The summed E-state index contributed by atoms with van der Waals surface area (Å²) in [6, 6.07) is -1.44. The van der Waals surface area contributed by atoms with Gasteiger partial charge < -0.3 is 41.0 Å². The minimum Gasteiger partial charge on any atom is -0.481 e. The zero-order valence-corrected chi connectivity index (χ0v) is 42.2. The lowest BCUT2D eigenvalue weighted by atomic mass is 10.0. The van der Waals surface area contributed by atoms with Gasteiger partial charge in [-0.25, -0.2) is 4.79 Å². The summed E-state index contributed by atoms with van der Waals surface area (Å²) in [7, 11) is 0. The molecule has 0 aliphatic heterocycles. The van der Waals surface area contributed by atoms with Gasteiger partial charge in [-0.1, -0.05) is 168 Å². The maximum Gasteiger partial charge on any atom is 0.326 e. The number of aliphatic carboxylic acids is 2. The molecule has 0 aromatic heterocycles. The van der Waals surface area contributed by atoms with Crippen LogP contribution in [0.15, 0.2) is 0 Å². The molecule has 0 aliphatic rings. The van der Waals surface area contributed by atoms with Crippen molar-refractivity contribution in [2.75, 3.05) is 37.7 Å². The van der Waals surface area contributed by atoms with Gasteiger partial charge >= 0.3 is 23.9 Å². The lowest BCUT2D eigenvalue weighted by Gasteiger charge is -2.18. The molecule has 0 aromatic carbocycles. The number of carbonyl (C=O) groups excluding carboxylic acids is 6. The predicted octanol–water partition coefficient (Wildman–Crippen LogP) is 8.70. The monoisotopic (exact) mass is 971 g/mol. The SMILES string of the molecule is CCCCCCCCCCCCCCCC(=O)OCC(CSCCCC(=O)NCC(=O)NCC(=O)NCC(=O)N[C@@H](CCC(=O)O)C(=O)O)OC(=O)CCCCCCCCCCCCCCC. The summed E-state index contributed by atoms with van der Waals surface area (Å²) in [6.45, 7) is 2.99. The second-order valence-electron chi connectivity index (χ2n) is 17.7. The average Bonchev–Trinajstić information content (AvgIpc) is 3.30. The Morgan fingerprint density at radius 2 is 0.866 bits per heavy atom. The number of esters is 2. The lowest BCUT2D eigenvalue weighted by molar-refractivity contribution is -0.157. The molecule has 0 heterocycles. The first-order chi connectivity index (χ1) is 32.4. The Kier molecular flexibility index (Phi) is 43.2. The molecule has 0 saturated carbocycles. The second kappa shape index (κ2) is 45.9. The highest BCUT2D eigenvalue weighted by Gasteiger charge is 2.21. The van der Waals surface area contributed by atoms with Gasteiger partial charge in [0.1, 0.15) is 18.8 Å². The minimum absolute atomic E-state index is 0.0186. The van der Waals surface area contributed by atoms with E-state index >= 15 is 0 Å². The largest absolute Gasteiger partial charge is 0.481 e. The van der Waals surface area contributed by atoms with Crippen LogP contribution < -0.4 is 21.3 Å². The molecule has 0 spiro atoms. The highest BCUT2D eigenvalue weighted by atomic mass is 32.2. The van der Waals surface area contributed by atoms with E-state index in [1.807, 2.05) is 0 Å². The first-order valence-corrected chi connectivity index (χ1v) is 27.0. The molecule has 2 atom stereocenters. The third kappa shape index (κ3) is 44.4. The fourth-order valence-corrected chi connectivity index (χ4v) is 8.21. The van der Waals surface area contributed by atoms with Crippen molar-refractivity contribution < 1.29 is 58.0 Å². The number of ether oxygens (including phenoxy) is 2. The fraction of sp³-hybridized carbons (Fsp3) is 0.840. The summed E-state index contributed by atoms with van der Waals surface area (Å²) in [4.78, 5) is 95.9. The third-order valence-electron chi connectivity index (χ3n) is 11.3. The quantitative estimate of drug-likeness (QED) is 0.0247. The average molecular weight is 971 g/mol. The van der Waals surface area contributed by atoms with Gasteiger partial charge in [0, 0.05) is 31.4 Å². The van der Waals surface area contributed by atoms with Crippen molar-refractivity contribution >= 4 is 59.3 Å². The van der Waals surface area contributed by atoms with Gasteiger partial charge in [0.15, 0.2) is 0 Å². The summed E-state index contributed by atoms with van der Waals surface area (Å²) in [6.07, 6.45) is 31.4. The van der Waals surface area contributed by atoms with Crippen LogP contribution in [0, 0.1) is 0 Å². The highest BCUT2D eigenvalue weighted by molar-refractivity contribution is 7.99. The van der Waals surface area contributed by atoms with Crippen LogP contribution in [-0.2, 0) is 47.8 Å². The lowest BCUT2D eigenvalue weighted by Crippen LogP contribution is -2.47. The minimum atomic E-state index is -1.44. The van der Waals surface area contributed by atoms with Crippen molar-refractivity contribution in [3.8, 4) is 0 Å². The molecular formula is C50H90N4O12S. The summed E-state index contributed by atoms with van der Waals surface area (Å²) >= 11 is 1.48. The zero-order chi connectivity index (χ0) is 49.6. The van der Waals surface area contributed by atoms with Crippen molar-refractivity contribution in [1.82, 2.24) is 21.3 Å². The fourth-order valence-electron chi connectivity index (χ4n) is 7.26. The molecule has 0 radical (unpaired) electrons. The normalized spacial score (nSPS) is 11.9. The number of nitrogens with one attached hydrogen (secondary N) is 4. The third-order valence-corrected chi connectivity index (χ3v) is 12.5. The Hall–Kier alpha value is -3.89. The van der Waals surface area contributed by atoms with Crippen molar-refractivity contribution in [3.63, 3.8) is 0 Å². The molecule has 67 heavy (non-hydrogen) atoms. The Balaban J connectivity index is 4.55. The van der Waals surface area contributed by atoms with Gasteiger partial charge in [-0.3, -0.25) is 33.6 Å². The van der Waals surface area contributed by atoms with E-state index in [1.165, 1.54) is 140 Å². The van der Waals surface area contributed by atoms with E-state index in [1.54, 1.807) is 0 Å². The van der Waals surface area contributed by atoms with Crippen LogP contribution >= 0.6 is 11.8 Å². The summed E-state index contributed by atoms with van der Waals surface area (Å²) < 4.78 is 11.3. The van der Waals surface area contributed by atoms with Crippen molar-refractivity contribution in [2.24, 2.45) is 0 Å². The molecule has 4 amide bonds. The molecule has 6 N–H and O–H groups in total. The first-order valence-electron chi connectivity index (χ1n) is 25.8. The standard InChI is InChI=1S/C50H90N4O12S/c1-3-5-7-9-11-13-15-17-19-21-23-25-27-31-48(61)65-39-41(66-49(62)32-28-26-24-22-20-18-16-14-12-10-8-6-4-2)40-67-35-29-30-43(55)51-36-44(56)52-37-45(57)53-38-46(58)54-42(50(63)64)33-34-47(59)60/h41-42H,3-40H2,1-2H3,(H,51,55)(H,52,56)(H,53,57)(H,54,58)(H,59,60)(H,63,64)/t41?,42-/m0/s1. The number of thioether (sulfide) groups is 1. The molecule has 388 valence electrons. The van der Waals surface area contributed by atoms with E-state index in [4.69, 9.17) is 19.7 Å². The number of amides is 4. The number of hydrogen-bond donors (Lipinski definition) is 6. The first kappa shape index (κ1) is 63.1. The molecule has 0 saturated heterocycles. The number of carboxylic acid groups (broad SMARTS) is 2. The van der Waals surface area contributed by atoms with E-state index in [2.05, 4.69) is 35.1 Å². The van der Waals surface area contributed by atoms with E-state index < -0.39 is 61.3 Å². The van der Waals surface area contributed by atoms with Crippen LogP contribution in [0.25, 0.3) is 0 Å². The van der Waals surface area contributed by atoms with E-state index in [0.29, 0.717) is 30.8 Å². The Bertz CT molecular complexity index is 1350. The number of rotatable bonds is 48. The molecule has 1 unspecified atom stereocenters. The van der Waals surface area contributed by atoms with Crippen LogP contribution in [0.1, 0.15) is 219 Å². The van der Waals surface area contributed by atoms with Gasteiger partial charge in [0.2, 0.25) is 23.6 Å². The van der Waals surface area contributed by atoms with Gasteiger partial charge in [-0.2, -0.15) is 11.8 Å². The van der Waals surface area contributed by atoms with E-state index in [9.17, 15) is 38.4 Å². The maximum absolute atomic E-state index is 12.8. The zero-order valence-electron chi connectivity index (χ0n) is 41.4. The molecule has 0 aromatic rings. The van der Waals surface area contributed by atoms with Gasteiger partial charge in [-0.15, -0.1) is 0 Å². The van der Waals surface area contributed by atoms with Crippen molar-refractivity contribution in [3.05, 3.63) is 0 Å². The van der Waals surface area contributed by atoms with Crippen molar-refractivity contribution in [2.45, 2.75) is 231 Å². The van der Waals surface area contributed by atoms with E-state index in [-0.39, 0.29) is 43.8 Å². The van der Waals surface area contributed by atoms with Crippen LogP contribution in [0.3, 0.4) is 0 Å². The Labute approximate surface area is 406 Å². The molecule has 17 heteroatoms. The second-order valence-corrected chi connectivity index (χ2v) is 18.8. The smallest absolute Gasteiger partial charge is 0.326 e. The van der Waals surface area contributed by atoms with Crippen LogP contribution in [0.5, 0.6) is 0 Å². The summed E-state index contributed by atoms with van der Waals surface area (Å²) in [5.41, 5.74) is 0. The van der Waals surface area contributed by atoms with Crippen LogP contribution in [-0.4, -0.2) is 108 Å². The molecule has 16 nitrogen and oxygen atoms in total. The van der Waals surface area contributed by atoms with Crippen LogP contribution in [0.2, 0.25) is 0 Å². The molecule has 0 bridgehead atoms. The summed E-state index contributed by atoms with van der Waals surface area (Å²) in [5, 5.41) is 27.0. The number of carboxylic acids is 2. The number of unbranched alkanes of at least 4 members (excludes halogenated alkanes) is 24. The topological polar surface area (TPSA) is 244 Å². The molecular weight excluding hydrogens is 881 g/mol. The number of hydrogen-bond acceptors (Lipinski definition) is 11. The van der Waals surface area contributed by atoms with Crippen molar-refractivity contribution in [1.29, 1.82) is 0 Å². The molecule has 0 rings (SSSR count). The Morgan fingerprint density at radius 1 is 0.463 bits per heavy atom. The molecule has 0 aliphatic carbocycles. The van der Waals surface area contributed by atoms with Gasteiger partial charge in [0.05, 0.1) is 19.6 Å². The Morgan fingerprint density at radius 3 is 1.30 bits per heavy atom.